The molecule has 1 saturated carbocycles. The Labute approximate surface area is 123 Å². The molecule has 0 atom stereocenters. The van der Waals surface area contributed by atoms with Crippen molar-refractivity contribution >= 4 is 21.4 Å². The van der Waals surface area contributed by atoms with E-state index in [4.69, 9.17) is 5.73 Å². The van der Waals surface area contributed by atoms with E-state index >= 15 is 0 Å². The maximum Gasteiger partial charge on any atom is 0.270 e. The third-order valence-corrected chi connectivity index (χ3v) is 5.69. The Morgan fingerprint density at radius 1 is 1.43 bits per heavy atom. The topological polar surface area (TPSA) is 115 Å². The van der Waals surface area contributed by atoms with Crippen LogP contribution in [0.3, 0.4) is 0 Å². The van der Waals surface area contributed by atoms with Gasteiger partial charge in [0, 0.05) is 18.7 Å². The van der Waals surface area contributed by atoms with Crippen LogP contribution in [0, 0.1) is 21.4 Å². The molecule has 116 valence electrons. The molecule has 1 aromatic carbocycles. The standard InChI is InChI=1S/C13H19N3O4S/c1-9(2)13(5-6-13)8-15-21(19,20)12-7-10(16(17)18)3-4-11(12)14/h3-4,7,9,15H,5-6,8,14H2,1-2H3. The van der Waals surface area contributed by atoms with Crippen molar-refractivity contribution in [3.05, 3.63) is 28.3 Å². The van der Waals surface area contributed by atoms with Crippen LogP contribution in [0.1, 0.15) is 26.7 Å². The van der Waals surface area contributed by atoms with Gasteiger partial charge in [0.1, 0.15) is 4.90 Å². The number of hydrogen-bond acceptors (Lipinski definition) is 5. The fourth-order valence-electron chi connectivity index (χ4n) is 2.30. The molecule has 0 unspecified atom stereocenters. The van der Waals surface area contributed by atoms with Crippen molar-refractivity contribution in [2.45, 2.75) is 31.6 Å². The highest BCUT2D eigenvalue weighted by Gasteiger charge is 2.45. The van der Waals surface area contributed by atoms with E-state index in [-0.39, 0.29) is 21.7 Å². The molecule has 0 heterocycles. The molecule has 7 nitrogen and oxygen atoms in total. The van der Waals surface area contributed by atoms with Gasteiger partial charge in [0.2, 0.25) is 10.0 Å². The minimum absolute atomic E-state index is 0.00231. The molecule has 1 aliphatic carbocycles. The summed E-state index contributed by atoms with van der Waals surface area (Å²) in [4.78, 5) is 9.87. The molecule has 3 N–H and O–H groups in total. The summed E-state index contributed by atoms with van der Waals surface area (Å²) in [7, 11) is -3.85. The lowest BCUT2D eigenvalue weighted by molar-refractivity contribution is -0.385. The van der Waals surface area contributed by atoms with Crippen LogP contribution in [-0.4, -0.2) is 19.9 Å². The van der Waals surface area contributed by atoms with Crippen molar-refractivity contribution in [1.29, 1.82) is 0 Å². The molecule has 2 rings (SSSR count). The summed E-state index contributed by atoms with van der Waals surface area (Å²) in [6.45, 7) is 4.45. The number of nitrogens with one attached hydrogen (secondary N) is 1. The summed E-state index contributed by atoms with van der Waals surface area (Å²) >= 11 is 0. The number of nitrogens with zero attached hydrogens (tertiary/aromatic N) is 1. The van der Waals surface area contributed by atoms with Gasteiger partial charge in [-0.2, -0.15) is 0 Å². The summed E-state index contributed by atoms with van der Waals surface area (Å²) in [5.41, 5.74) is 5.36. The predicted octanol–water partition coefficient (Wildman–Crippen LogP) is 1.89. The summed E-state index contributed by atoms with van der Waals surface area (Å²) in [6.07, 6.45) is 1.97. The summed E-state index contributed by atoms with van der Waals surface area (Å²) in [5, 5.41) is 10.8. The van der Waals surface area contributed by atoms with E-state index in [2.05, 4.69) is 18.6 Å². The number of nitrogen functional groups attached to an aromatic ring is 1. The smallest absolute Gasteiger partial charge is 0.270 e. The number of rotatable bonds is 6. The highest BCUT2D eigenvalue weighted by molar-refractivity contribution is 7.89. The van der Waals surface area contributed by atoms with Gasteiger partial charge in [-0.25, -0.2) is 13.1 Å². The number of nitro groups is 1. The maximum absolute atomic E-state index is 12.3. The Kier molecular flexibility index (Phi) is 3.94. The lowest BCUT2D eigenvalue weighted by Gasteiger charge is -2.20. The zero-order valence-corrected chi connectivity index (χ0v) is 12.8. The first kappa shape index (κ1) is 15.7. The van der Waals surface area contributed by atoms with Crippen LogP contribution < -0.4 is 10.5 Å². The first-order chi connectivity index (χ1) is 9.68. The maximum atomic E-state index is 12.3. The number of nitro benzene ring substituents is 1. The largest absolute Gasteiger partial charge is 0.398 e. The van der Waals surface area contributed by atoms with Gasteiger partial charge in [0.25, 0.3) is 5.69 Å². The van der Waals surface area contributed by atoms with Crippen molar-refractivity contribution in [2.75, 3.05) is 12.3 Å². The van der Waals surface area contributed by atoms with E-state index in [1.807, 2.05) is 0 Å². The molecule has 1 aliphatic rings. The van der Waals surface area contributed by atoms with Crippen LogP contribution in [0.25, 0.3) is 0 Å². The van der Waals surface area contributed by atoms with Crippen LogP contribution in [0.5, 0.6) is 0 Å². The average molecular weight is 313 g/mol. The Bertz CT molecular complexity index is 666. The van der Waals surface area contributed by atoms with Crippen LogP contribution in [0.15, 0.2) is 23.1 Å². The predicted molar refractivity (Wildman–Crippen MR) is 79.2 cm³/mol. The Morgan fingerprint density at radius 2 is 2.05 bits per heavy atom. The van der Waals surface area contributed by atoms with Crippen molar-refractivity contribution in [2.24, 2.45) is 11.3 Å². The van der Waals surface area contributed by atoms with Crippen molar-refractivity contribution < 1.29 is 13.3 Å². The summed E-state index contributed by atoms with van der Waals surface area (Å²) in [6, 6.07) is 3.42. The van der Waals surface area contributed by atoms with E-state index in [1.54, 1.807) is 0 Å². The molecule has 0 amide bonds. The number of sulfonamides is 1. The Hall–Kier alpha value is -1.67. The number of benzene rings is 1. The van der Waals surface area contributed by atoms with Crippen LogP contribution >= 0.6 is 0 Å². The molecule has 0 aliphatic heterocycles. The van der Waals surface area contributed by atoms with Gasteiger partial charge in [-0.05, 0) is 30.2 Å². The molecule has 8 heteroatoms. The van der Waals surface area contributed by atoms with E-state index < -0.39 is 14.9 Å². The van der Waals surface area contributed by atoms with Crippen molar-refractivity contribution in [3.63, 3.8) is 0 Å². The monoisotopic (exact) mass is 313 g/mol. The second kappa shape index (κ2) is 5.27. The zero-order valence-electron chi connectivity index (χ0n) is 12.0. The number of non-ortho nitro benzene ring substituents is 1. The molecule has 1 aromatic rings. The summed E-state index contributed by atoms with van der Waals surface area (Å²) in [5.74, 6) is 0.377. The lowest BCUT2D eigenvalue weighted by atomic mass is 9.93. The number of nitrogens with two attached hydrogens (primary N) is 1. The minimum Gasteiger partial charge on any atom is -0.398 e. The highest BCUT2D eigenvalue weighted by Crippen LogP contribution is 2.51. The van der Waals surface area contributed by atoms with Crippen molar-refractivity contribution in [1.82, 2.24) is 4.72 Å². The summed E-state index contributed by atoms with van der Waals surface area (Å²) < 4.78 is 27.2. The van der Waals surface area contributed by atoms with Gasteiger partial charge in [-0.1, -0.05) is 13.8 Å². The first-order valence-corrected chi connectivity index (χ1v) is 8.20. The number of anilines is 1. The van der Waals surface area contributed by atoms with E-state index in [1.165, 1.54) is 12.1 Å². The fourth-order valence-corrected chi connectivity index (χ4v) is 3.59. The number of hydrogen-bond donors (Lipinski definition) is 2. The Balaban J connectivity index is 2.24. The molecule has 0 aromatic heterocycles. The van der Waals surface area contributed by atoms with Crippen molar-refractivity contribution in [3.8, 4) is 0 Å². The van der Waals surface area contributed by atoms with Crippen LogP contribution in [0.4, 0.5) is 11.4 Å². The fraction of sp³-hybridized carbons (Fsp3) is 0.538. The first-order valence-electron chi connectivity index (χ1n) is 6.71. The molecule has 0 saturated heterocycles. The van der Waals surface area contributed by atoms with Gasteiger partial charge >= 0.3 is 0 Å². The quantitative estimate of drug-likeness (QED) is 0.472. The van der Waals surface area contributed by atoms with E-state index in [0.29, 0.717) is 12.5 Å². The SMILES string of the molecule is CC(C)C1(CNS(=O)(=O)c2cc([N+](=O)[O-])ccc2N)CC1. The van der Waals surface area contributed by atoms with Gasteiger partial charge in [-0.3, -0.25) is 10.1 Å². The third kappa shape index (κ3) is 3.16. The van der Waals surface area contributed by atoms with Gasteiger partial charge < -0.3 is 5.73 Å². The minimum atomic E-state index is -3.85. The molecule has 21 heavy (non-hydrogen) atoms. The Morgan fingerprint density at radius 3 is 2.52 bits per heavy atom. The van der Waals surface area contributed by atoms with E-state index in [9.17, 15) is 18.5 Å². The molecule has 1 fully saturated rings. The van der Waals surface area contributed by atoms with Crippen LogP contribution in [0.2, 0.25) is 0 Å². The average Bonchev–Trinajstić information content (AvgIpc) is 3.17. The normalized spacial score (nSPS) is 16.9. The van der Waals surface area contributed by atoms with Gasteiger partial charge in [0.05, 0.1) is 10.6 Å². The second-order valence-electron chi connectivity index (χ2n) is 5.82. The molecule has 0 bridgehead atoms. The third-order valence-electron chi connectivity index (χ3n) is 4.23. The highest BCUT2D eigenvalue weighted by atomic mass is 32.2. The molecule has 0 spiro atoms. The molecule has 0 radical (unpaired) electrons. The zero-order chi connectivity index (χ0) is 15.8. The van der Waals surface area contributed by atoms with Crippen LogP contribution in [-0.2, 0) is 10.0 Å². The molecular formula is C13H19N3O4S. The lowest BCUT2D eigenvalue weighted by Crippen LogP contribution is -2.33. The van der Waals surface area contributed by atoms with Gasteiger partial charge in [0.15, 0.2) is 0 Å². The molecular weight excluding hydrogens is 294 g/mol. The second-order valence-corrected chi connectivity index (χ2v) is 7.56. The van der Waals surface area contributed by atoms with E-state index in [0.717, 1.165) is 18.9 Å². The van der Waals surface area contributed by atoms with Gasteiger partial charge in [-0.15, -0.1) is 0 Å².